The summed E-state index contributed by atoms with van der Waals surface area (Å²) < 4.78 is 0. The molecule has 0 radical (unpaired) electrons. The molecule has 0 unspecified atom stereocenters. The molecule has 2 aromatic carbocycles. The third kappa shape index (κ3) is 3.05. The van der Waals surface area contributed by atoms with Gasteiger partial charge in [0, 0.05) is 21.9 Å². The van der Waals surface area contributed by atoms with Gasteiger partial charge in [0.1, 0.15) is 0 Å². The molecule has 0 fully saturated rings. The molecule has 2 N–H and O–H groups in total. The Kier molecular flexibility index (Phi) is 4.40. The number of carbonyl (C=O) groups excluding carboxylic acids is 2. The van der Waals surface area contributed by atoms with E-state index in [1.54, 1.807) is 31.2 Å². The summed E-state index contributed by atoms with van der Waals surface area (Å²) in [6, 6.07) is 13.7. The van der Waals surface area contributed by atoms with Crippen LogP contribution in [0.3, 0.4) is 0 Å². The molecule has 122 valence electrons. The van der Waals surface area contributed by atoms with E-state index in [2.05, 4.69) is 10.6 Å². The number of allylic oxidation sites excluding steroid dienone is 1. The monoisotopic (exact) mass is 340 g/mol. The number of aryl methyl sites for hydroxylation is 1. The number of ketones is 1. The number of rotatable bonds is 3. The van der Waals surface area contributed by atoms with E-state index >= 15 is 0 Å². The highest BCUT2D eigenvalue weighted by Gasteiger charge is 2.32. The highest BCUT2D eigenvalue weighted by atomic mass is 35.5. The van der Waals surface area contributed by atoms with Crippen molar-refractivity contribution in [1.82, 2.24) is 10.6 Å². The van der Waals surface area contributed by atoms with Gasteiger partial charge < -0.3 is 10.6 Å². The Morgan fingerprint density at radius 1 is 1.04 bits per heavy atom. The maximum absolute atomic E-state index is 13.0. The van der Waals surface area contributed by atoms with Crippen LogP contribution in [0.15, 0.2) is 59.8 Å². The highest BCUT2D eigenvalue weighted by Crippen LogP contribution is 2.31. The minimum Gasteiger partial charge on any atom is -0.327 e. The molecule has 0 saturated carbocycles. The fourth-order valence-corrected chi connectivity index (χ4v) is 3.02. The summed E-state index contributed by atoms with van der Waals surface area (Å²) in [5.41, 5.74) is 3.55. The van der Waals surface area contributed by atoms with E-state index in [0.717, 1.165) is 11.1 Å². The molecule has 0 bridgehead atoms. The van der Waals surface area contributed by atoms with E-state index in [-0.39, 0.29) is 11.8 Å². The van der Waals surface area contributed by atoms with Crippen molar-refractivity contribution in [3.05, 3.63) is 81.5 Å². The van der Waals surface area contributed by atoms with Crippen LogP contribution in [0.4, 0.5) is 4.79 Å². The topological polar surface area (TPSA) is 58.2 Å². The third-order valence-corrected chi connectivity index (χ3v) is 4.37. The minimum absolute atomic E-state index is 0.134. The average Bonchev–Trinajstić information content (AvgIpc) is 2.55. The van der Waals surface area contributed by atoms with Crippen LogP contribution in [0.1, 0.15) is 34.5 Å². The van der Waals surface area contributed by atoms with Gasteiger partial charge in [-0.2, -0.15) is 0 Å². The quantitative estimate of drug-likeness (QED) is 0.824. The molecule has 1 aliphatic rings. The lowest BCUT2D eigenvalue weighted by Crippen LogP contribution is -2.45. The molecule has 0 aromatic heterocycles. The van der Waals surface area contributed by atoms with E-state index in [0.29, 0.717) is 21.9 Å². The first-order chi connectivity index (χ1) is 11.5. The summed E-state index contributed by atoms with van der Waals surface area (Å²) in [5, 5.41) is 6.13. The molecule has 1 atom stereocenters. The molecule has 1 aliphatic heterocycles. The molecular weight excluding hydrogens is 324 g/mol. The number of nitrogens with one attached hydrogen (secondary N) is 2. The smallest absolute Gasteiger partial charge is 0.319 e. The van der Waals surface area contributed by atoms with E-state index in [9.17, 15) is 9.59 Å². The SMILES string of the molecule is CC1=C(C(=O)c2ccc(Cl)cc2)[C@@H](c2ccccc2C)NC(=O)N1. The molecule has 0 saturated heterocycles. The number of urea groups is 1. The predicted octanol–water partition coefficient (Wildman–Crippen LogP) is 4.16. The molecule has 4 nitrogen and oxygen atoms in total. The van der Waals surface area contributed by atoms with Crippen molar-refractivity contribution >= 4 is 23.4 Å². The van der Waals surface area contributed by atoms with Crippen LogP contribution >= 0.6 is 11.6 Å². The van der Waals surface area contributed by atoms with E-state index < -0.39 is 6.04 Å². The van der Waals surface area contributed by atoms with Crippen molar-refractivity contribution in [2.45, 2.75) is 19.9 Å². The Morgan fingerprint density at radius 2 is 1.71 bits per heavy atom. The standard InChI is InChI=1S/C19H17ClN2O2/c1-11-5-3-4-6-15(11)17-16(12(2)21-19(24)22-17)18(23)13-7-9-14(20)10-8-13/h3-10,17H,1-2H3,(H2,21,22,24)/t17-/m1/s1. The zero-order chi connectivity index (χ0) is 17.3. The van der Waals surface area contributed by atoms with Gasteiger partial charge in [-0.3, -0.25) is 4.79 Å². The lowest BCUT2D eigenvalue weighted by atomic mass is 9.88. The Balaban J connectivity index is 2.09. The number of halogens is 1. The lowest BCUT2D eigenvalue weighted by Gasteiger charge is -2.29. The normalized spacial score (nSPS) is 17.3. The second-order valence-corrected chi connectivity index (χ2v) is 6.20. The molecule has 2 aromatic rings. The van der Waals surface area contributed by atoms with Crippen LogP contribution in [0.5, 0.6) is 0 Å². The number of carbonyl (C=O) groups is 2. The maximum atomic E-state index is 13.0. The number of benzene rings is 2. The Labute approximate surface area is 145 Å². The maximum Gasteiger partial charge on any atom is 0.319 e. The van der Waals surface area contributed by atoms with Crippen LogP contribution in [-0.2, 0) is 0 Å². The van der Waals surface area contributed by atoms with Gasteiger partial charge in [-0.15, -0.1) is 0 Å². The molecule has 0 aliphatic carbocycles. The number of hydrogen-bond acceptors (Lipinski definition) is 2. The second-order valence-electron chi connectivity index (χ2n) is 5.76. The van der Waals surface area contributed by atoms with Crippen LogP contribution in [-0.4, -0.2) is 11.8 Å². The van der Waals surface area contributed by atoms with Gasteiger partial charge in [0.25, 0.3) is 0 Å². The van der Waals surface area contributed by atoms with E-state index in [1.165, 1.54) is 0 Å². The largest absolute Gasteiger partial charge is 0.327 e. The zero-order valence-corrected chi connectivity index (χ0v) is 14.1. The van der Waals surface area contributed by atoms with Gasteiger partial charge in [-0.05, 0) is 49.2 Å². The van der Waals surface area contributed by atoms with E-state index in [1.807, 2.05) is 31.2 Å². The Hall–Kier alpha value is -2.59. The van der Waals surface area contributed by atoms with Crippen LogP contribution < -0.4 is 10.6 Å². The van der Waals surface area contributed by atoms with Crippen LogP contribution in [0, 0.1) is 6.92 Å². The molecular formula is C19H17ClN2O2. The summed E-state index contributed by atoms with van der Waals surface area (Å²) in [7, 11) is 0. The Bertz CT molecular complexity index is 841. The summed E-state index contributed by atoms with van der Waals surface area (Å²) in [5.74, 6) is -0.134. The first-order valence-electron chi connectivity index (χ1n) is 7.61. The number of amides is 2. The predicted molar refractivity (Wildman–Crippen MR) is 94.1 cm³/mol. The summed E-state index contributed by atoms with van der Waals surface area (Å²) in [6.45, 7) is 3.70. The molecule has 24 heavy (non-hydrogen) atoms. The van der Waals surface area contributed by atoms with Gasteiger partial charge in [-0.25, -0.2) is 4.79 Å². The number of Topliss-reactive ketones (excluding diaryl/α,β-unsaturated/α-hetero) is 1. The van der Waals surface area contributed by atoms with Gasteiger partial charge in [-0.1, -0.05) is 35.9 Å². The lowest BCUT2D eigenvalue weighted by molar-refractivity contribution is 0.102. The molecule has 3 rings (SSSR count). The van der Waals surface area contributed by atoms with Crippen molar-refractivity contribution in [2.24, 2.45) is 0 Å². The van der Waals surface area contributed by atoms with Gasteiger partial charge in [0.05, 0.1) is 6.04 Å². The van der Waals surface area contributed by atoms with E-state index in [4.69, 9.17) is 11.6 Å². The van der Waals surface area contributed by atoms with Crippen molar-refractivity contribution in [1.29, 1.82) is 0 Å². The first kappa shape index (κ1) is 16.3. The van der Waals surface area contributed by atoms with Gasteiger partial charge in [0.2, 0.25) is 0 Å². The van der Waals surface area contributed by atoms with Crippen LogP contribution in [0.2, 0.25) is 5.02 Å². The van der Waals surface area contributed by atoms with Crippen molar-refractivity contribution in [3.63, 3.8) is 0 Å². The summed E-state index contributed by atoms with van der Waals surface area (Å²) in [4.78, 5) is 25.0. The highest BCUT2D eigenvalue weighted by molar-refractivity contribution is 6.30. The molecule has 1 heterocycles. The average molecular weight is 341 g/mol. The summed E-state index contributed by atoms with van der Waals surface area (Å²) >= 11 is 5.90. The zero-order valence-electron chi connectivity index (χ0n) is 13.4. The molecule has 0 spiro atoms. The number of hydrogen-bond donors (Lipinski definition) is 2. The molecule has 5 heteroatoms. The van der Waals surface area contributed by atoms with Crippen molar-refractivity contribution in [3.8, 4) is 0 Å². The van der Waals surface area contributed by atoms with Gasteiger partial charge >= 0.3 is 6.03 Å². The van der Waals surface area contributed by atoms with Gasteiger partial charge in [0.15, 0.2) is 5.78 Å². The fraction of sp³-hybridized carbons (Fsp3) is 0.158. The molecule has 2 amide bonds. The second kappa shape index (κ2) is 6.49. The fourth-order valence-electron chi connectivity index (χ4n) is 2.90. The third-order valence-electron chi connectivity index (χ3n) is 4.12. The minimum atomic E-state index is -0.483. The van der Waals surface area contributed by atoms with Crippen molar-refractivity contribution in [2.75, 3.05) is 0 Å². The Morgan fingerprint density at radius 3 is 2.38 bits per heavy atom. The van der Waals surface area contributed by atoms with Crippen molar-refractivity contribution < 1.29 is 9.59 Å². The summed E-state index contributed by atoms with van der Waals surface area (Å²) in [6.07, 6.45) is 0. The first-order valence-corrected chi connectivity index (χ1v) is 7.99. The van der Waals surface area contributed by atoms with Crippen LogP contribution in [0.25, 0.3) is 0 Å².